The van der Waals surface area contributed by atoms with Crippen molar-refractivity contribution in [2.75, 3.05) is 0 Å². The molecule has 0 N–H and O–H groups in total. The highest BCUT2D eigenvalue weighted by Crippen LogP contribution is 2.15. The lowest BCUT2D eigenvalue weighted by atomic mass is 10.0. The van der Waals surface area contributed by atoms with Crippen molar-refractivity contribution in [3.05, 3.63) is 106 Å². The molecule has 2 heteroatoms. The minimum atomic E-state index is -0.265. The van der Waals surface area contributed by atoms with E-state index in [0.717, 1.165) is 54.4 Å². The Kier molecular flexibility index (Phi) is 10.6. The summed E-state index contributed by atoms with van der Waals surface area (Å²) < 4.78 is 28.7. The Morgan fingerprint density at radius 1 is 0.543 bits per heavy atom. The summed E-state index contributed by atoms with van der Waals surface area (Å²) in [4.78, 5) is 0. The molecule has 3 rings (SSSR count). The molecule has 0 heterocycles. The summed E-state index contributed by atoms with van der Waals surface area (Å²) in [6.07, 6.45) is 9.72. The van der Waals surface area contributed by atoms with Crippen LogP contribution >= 0.6 is 0 Å². The second kappa shape index (κ2) is 14.1. The van der Waals surface area contributed by atoms with E-state index in [1.165, 1.54) is 31.7 Å². The van der Waals surface area contributed by atoms with Crippen molar-refractivity contribution in [3.63, 3.8) is 0 Å². The number of benzene rings is 3. The van der Waals surface area contributed by atoms with Crippen molar-refractivity contribution < 1.29 is 8.78 Å². The molecule has 0 atom stereocenters. The van der Waals surface area contributed by atoms with Gasteiger partial charge < -0.3 is 0 Å². The van der Waals surface area contributed by atoms with E-state index in [9.17, 15) is 8.78 Å². The molecule has 0 saturated carbocycles. The molecule has 0 aliphatic rings. The Morgan fingerprint density at radius 3 is 1.83 bits per heavy atom. The SMILES string of the molecule is CCCCCCCc1ccc(C#Cc2ccc(C#Cc3ccc(CCCC)c(F)c3)cc2)c(F)c1. The number of rotatable bonds is 9. The summed E-state index contributed by atoms with van der Waals surface area (Å²) in [5.41, 5.74) is 4.46. The highest BCUT2D eigenvalue weighted by atomic mass is 19.1. The minimum absolute atomic E-state index is 0.192. The van der Waals surface area contributed by atoms with Crippen LogP contribution in [0.2, 0.25) is 0 Å². The first-order valence-corrected chi connectivity index (χ1v) is 12.8. The lowest BCUT2D eigenvalue weighted by Crippen LogP contribution is -1.91. The highest BCUT2D eigenvalue weighted by molar-refractivity contribution is 5.48. The molecule has 0 spiro atoms. The van der Waals surface area contributed by atoms with Gasteiger partial charge in [0.2, 0.25) is 0 Å². The van der Waals surface area contributed by atoms with Crippen molar-refractivity contribution in [1.29, 1.82) is 0 Å². The van der Waals surface area contributed by atoms with Crippen molar-refractivity contribution in [2.45, 2.75) is 71.6 Å². The number of halogens is 2. The van der Waals surface area contributed by atoms with Crippen LogP contribution in [0.5, 0.6) is 0 Å². The fourth-order valence-electron chi connectivity index (χ4n) is 3.86. The number of hydrogen-bond donors (Lipinski definition) is 0. The molecular weight excluding hydrogens is 434 g/mol. The molecule has 0 nitrogen and oxygen atoms in total. The van der Waals surface area contributed by atoms with Gasteiger partial charge >= 0.3 is 0 Å². The lowest BCUT2D eigenvalue weighted by Gasteiger charge is -2.03. The normalized spacial score (nSPS) is 10.3. The van der Waals surface area contributed by atoms with Gasteiger partial charge in [-0.15, -0.1) is 0 Å². The maximum Gasteiger partial charge on any atom is 0.139 e. The van der Waals surface area contributed by atoms with Crippen LogP contribution < -0.4 is 0 Å². The standard InChI is InChI=1S/C33H34F2/c1-3-5-7-8-9-10-28-19-23-31(33(35)24-28)21-18-27-14-12-26(13-15-27)16-17-29-20-22-30(11-6-4-2)32(34)25-29/h12-15,19-20,22-25H,3-11H2,1-2H3. The number of unbranched alkanes of at least 4 members (excludes halogenated alkanes) is 5. The molecule has 3 aromatic carbocycles. The molecule has 0 radical (unpaired) electrons. The first kappa shape index (κ1) is 26.2. The third-order valence-corrected chi connectivity index (χ3v) is 6.03. The topological polar surface area (TPSA) is 0 Å². The van der Waals surface area contributed by atoms with Crippen molar-refractivity contribution in [2.24, 2.45) is 0 Å². The van der Waals surface area contributed by atoms with Crippen LogP contribution in [0.25, 0.3) is 0 Å². The first-order chi connectivity index (χ1) is 17.1. The molecular formula is C33H34F2. The Balaban J connectivity index is 1.59. The Labute approximate surface area is 209 Å². The van der Waals surface area contributed by atoms with E-state index in [4.69, 9.17) is 0 Å². The summed E-state index contributed by atoms with van der Waals surface area (Å²) >= 11 is 0. The predicted octanol–water partition coefficient (Wildman–Crippen LogP) is 8.62. The molecule has 180 valence electrons. The molecule has 0 saturated heterocycles. The van der Waals surface area contributed by atoms with Gasteiger partial charge in [0.15, 0.2) is 0 Å². The predicted molar refractivity (Wildman–Crippen MR) is 142 cm³/mol. The number of hydrogen-bond acceptors (Lipinski definition) is 0. The van der Waals surface area contributed by atoms with Gasteiger partial charge in [0.25, 0.3) is 0 Å². The number of aryl methyl sites for hydroxylation is 2. The largest absolute Gasteiger partial charge is 0.207 e. The lowest BCUT2D eigenvalue weighted by molar-refractivity contribution is 0.603. The Bertz CT molecular complexity index is 1210. The van der Waals surface area contributed by atoms with Gasteiger partial charge in [-0.05, 0) is 85.3 Å². The van der Waals surface area contributed by atoms with E-state index in [-0.39, 0.29) is 11.6 Å². The van der Waals surface area contributed by atoms with Crippen LogP contribution in [-0.4, -0.2) is 0 Å². The van der Waals surface area contributed by atoms with E-state index >= 15 is 0 Å². The molecule has 0 aliphatic carbocycles. The van der Waals surface area contributed by atoms with Gasteiger partial charge in [-0.2, -0.15) is 0 Å². The maximum atomic E-state index is 14.5. The summed E-state index contributed by atoms with van der Waals surface area (Å²) in [5.74, 6) is 11.6. The zero-order valence-electron chi connectivity index (χ0n) is 20.9. The average molecular weight is 469 g/mol. The minimum Gasteiger partial charge on any atom is -0.207 e. The molecule has 3 aromatic rings. The van der Waals surface area contributed by atoms with Crippen LogP contribution in [-0.2, 0) is 12.8 Å². The second-order valence-corrected chi connectivity index (χ2v) is 8.97. The summed E-state index contributed by atoms with van der Waals surface area (Å²) in [7, 11) is 0. The maximum absolute atomic E-state index is 14.5. The van der Waals surface area contributed by atoms with E-state index in [1.54, 1.807) is 12.1 Å². The summed E-state index contributed by atoms with van der Waals surface area (Å²) in [6, 6.07) is 18.1. The van der Waals surface area contributed by atoms with Crippen LogP contribution in [0.4, 0.5) is 8.78 Å². The monoisotopic (exact) mass is 468 g/mol. The zero-order valence-corrected chi connectivity index (χ0v) is 20.9. The van der Waals surface area contributed by atoms with Crippen molar-refractivity contribution in [1.82, 2.24) is 0 Å². The summed E-state index contributed by atoms with van der Waals surface area (Å²) in [6.45, 7) is 4.30. The van der Waals surface area contributed by atoms with Gasteiger partial charge in [-0.3, -0.25) is 0 Å². The van der Waals surface area contributed by atoms with Crippen LogP contribution in [0.3, 0.4) is 0 Å². The average Bonchev–Trinajstić information content (AvgIpc) is 2.87. The quantitative estimate of drug-likeness (QED) is 0.218. The Hall–Kier alpha value is -3.36. The molecule has 0 bridgehead atoms. The molecule has 0 aliphatic heterocycles. The van der Waals surface area contributed by atoms with E-state index < -0.39 is 0 Å². The molecule has 0 amide bonds. The third kappa shape index (κ3) is 8.73. The fourth-order valence-corrected chi connectivity index (χ4v) is 3.86. The van der Waals surface area contributed by atoms with Gasteiger partial charge in [0, 0.05) is 16.7 Å². The van der Waals surface area contributed by atoms with Crippen LogP contribution in [0, 0.1) is 35.3 Å². The fraction of sp³-hybridized carbons (Fsp3) is 0.333. The van der Waals surface area contributed by atoms with Crippen molar-refractivity contribution in [3.8, 4) is 23.7 Å². The zero-order chi connectivity index (χ0) is 24.9. The molecule has 35 heavy (non-hydrogen) atoms. The third-order valence-electron chi connectivity index (χ3n) is 6.03. The van der Waals surface area contributed by atoms with Gasteiger partial charge in [0.1, 0.15) is 11.6 Å². The first-order valence-electron chi connectivity index (χ1n) is 12.8. The van der Waals surface area contributed by atoms with E-state index in [0.29, 0.717) is 11.1 Å². The van der Waals surface area contributed by atoms with Crippen LogP contribution in [0.1, 0.15) is 92.2 Å². The van der Waals surface area contributed by atoms with E-state index in [1.807, 2.05) is 42.5 Å². The van der Waals surface area contributed by atoms with E-state index in [2.05, 4.69) is 37.5 Å². The van der Waals surface area contributed by atoms with Gasteiger partial charge in [-0.25, -0.2) is 8.78 Å². The van der Waals surface area contributed by atoms with Crippen LogP contribution in [0.15, 0.2) is 60.7 Å². The Morgan fingerprint density at radius 2 is 1.17 bits per heavy atom. The molecule has 0 unspecified atom stereocenters. The molecule has 0 aromatic heterocycles. The highest BCUT2D eigenvalue weighted by Gasteiger charge is 2.03. The smallest absolute Gasteiger partial charge is 0.139 e. The summed E-state index contributed by atoms with van der Waals surface area (Å²) in [5, 5.41) is 0. The van der Waals surface area contributed by atoms with Crippen molar-refractivity contribution >= 4 is 0 Å². The second-order valence-electron chi connectivity index (χ2n) is 8.97. The van der Waals surface area contributed by atoms with Gasteiger partial charge in [0.05, 0.1) is 5.56 Å². The molecule has 0 fully saturated rings. The van der Waals surface area contributed by atoms with Gasteiger partial charge in [-0.1, -0.05) is 81.8 Å².